The first kappa shape index (κ1) is 26.6. The molecule has 1 atom stereocenters. The van der Waals surface area contributed by atoms with Gasteiger partial charge in [-0.05, 0) is 31.0 Å². The van der Waals surface area contributed by atoms with Gasteiger partial charge in [0.2, 0.25) is 5.95 Å². The second-order valence-electron chi connectivity index (χ2n) is 8.49. The second kappa shape index (κ2) is 9.96. The van der Waals surface area contributed by atoms with Gasteiger partial charge in [-0.2, -0.15) is 13.2 Å². The molecule has 0 N–H and O–H groups in total. The van der Waals surface area contributed by atoms with Gasteiger partial charge in [0.25, 0.3) is 0 Å². The number of carbonyl (C=O) groups excluding carboxylic acids is 1. The van der Waals surface area contributed by atoms with Crippen molar-refractivity contribution in [2.24, 2.45) is 5.92 Å². The number of halogens is 4. The Bertz CT molecular complexity index is 1200. The molecule has 0 unspecified atom stereocenters. The molecule has 0 saturated carbocycles. The molecule has 3 rings (SSSR count). The van der Waals surface area contributed by atoms with Crippen molar-refractivity contribution < 1.29 is 35.5 Å². The number of rotatable bonds is 6. The van der Waals surface area contributed by atoms with Crippen LogP contribution in [0.3, 0.4) is 0 Å². The highest BCUT2D eigenvalue weighted by Gasteiger charge is 2.40. The summed E-state index contributed by atoms with van der Waals surface area (Å²) in [4.78, 5) is 22.8. The lowest BCUT2D eigenvalue weighted by Gasteiger charge is -2.44. The molecule has 0 spiro atoms. The van der Waals surface area contributed by atoms with Crippen molar-refractivity contribution >= 4 is 27.4 Å². The Hall–Kier alpha value is -2.96. The minimum Gasteiger partial charge on any atom is -0.462 e. The number of aromatic nitrogens is 2. The average molecular weight is 519 g/mol. The summed E-state index contributed by atoms with van der Waals surface area (Å²) < 4.78 is 83.7. The molecule has 13 heteroatoms. The van der Waals surface area contributed by atoms with E-state index in [0.717, 1.165) is 18.5 Å². The number of hydrogen-bond donors (Lipinski definition) is 0. The fourth-order valence-corrected chi connectivity index (χ4v) is 4.68. The first-order valence-corrected chi connectivity index (χ1v) is 12.8. The van der Waals surface area contributed by atoms with Gasteiger partial charge in [-0.25, -0.2) is 27.6 Å². The smallest absolute Gasteiger partial charge is 0.434 e. The summed E-state index contributed by atoms with van der Waals surface area (Å²) in [5.41, 5.74) is -1.66. The molecule has 2 heterocycles. The normalized spacial score (nSPS) is 17.1. The van der Waals surface area contributed by atoms with E-state index in [-0.39, 0.29) is 31.1 Å². The van der Waals surface area contributed by atoms with Crippen LogP contribution in [0.15, 0.2) is 29.3 Å². The van der Waals surface area contributed by atoms with E-state index in [9.17, 15) is 30.8 Å². The van der Waals surface area contributed by atoms with Crippen molar-refractivity contribution in [3.63, 3.8) is 0 Å². The Labute approximate surface area is 200 Å². The zero-order chi connectivity index (χ0) is 26.1. The molecule has 2 aromatic rings. The summed E-state index contributed by atoms with van der Waals surface area (Å²) in [7, 11) is -3.79. The van der Waals surface area contributed by atoms with Crippen LogP contribution in [0.4, 0.5) is 29.2 Å². The van der Waals surface area contributed by atoms with Crippen LogP contribution in [-0.4, -0.2) is 62.9 Å². The van der Waals surface area contributed by atoms with Gasteiger partial charge < -0.3 is 14.5 Å². The van der Waals surface area contributed by atoms with Crippen molar-refractivity contribution in [1.29, 1.82) is 0 Å². The molecular weight excluding hydrogens is 492 g/mol. The lowest BCUT2D eigenvalue weighted by molar-refractivity contribution is -0.141. The van der Waals surface area contributed by atoms with E-state index in [0.29, 0.717) is 18.8 Å². The summed E-state index contributed by atoms with van der Waals surface area (Å²) in [6.45, 7) is 5.95. The van der Waals surface area contributed by atoms with E-state index in [1.807, 2.05) is 18.7 Å². The van der Waals surface area contributed by atoms with E-state index in [1.165, 1.54) is 19.1 Å². The maximum absolute atomic E-state index is 14.0. The summed E-state index contributed by atoms with van der Waals surface area (Å²) in [6, 6.07) is 3.44. The minimum atomic E-state index is -4.90. The van der Waals surface area contributed by atoms with E-state index >= 15 is 0 Å². The zero-order valence-corrected chi connectivity index (χ0v) is 20.5. The lowest BCUT2D eigenvalue weighted by Crippen LogP contribution is -2.56. The highest BCUT2D eigenvalue weighted by Crippen LogP contribution is 2.33. The molecule has 0 radical (unpaired) electrons. The predicted octanol–water partition coefficient (Wildman–Crippen LogP) is 3.57. The van der Waals surface area contributed by atoms with Gasteiger partial charge in [0, 0.05) is 37.8 Å². The number of hydrogen-bond acceptors (Lipinski definition) is 8. The van der Waals surface area contributed by atoms with Gasteiger partial charge >= 0.3 is 12.1 Å². The SMILES string of the molecule is CCOC(=O)c1cnc(N2CCN(c3ccc(F)c(S(C)(=O)=O)c3)C[C@H]2C(C)C)nc1C(F)(F)F. The van der Waals surface area contributed by atoms with Gasteiger partial charge in [-0.1, -0.05) is 13.8 Å². The number of benzene rings is 1. The number of esters is 1. The number of sulfone groups is 1. The first-order valence-electron chi connectivity index (χ1n) is 10.9. The molecule has 1 fully saturated rings. The van der Waals surface area contributed by atoms with Crippen LogP contribution in [0, 0.1) is 11.7 Å². The van der Waals surface area contributed by atoms with Crippen LogP contribution in [0.1, 0.15) is 36.8 Å². The van der Waals surface area contributed by atoms with Crippen LogP contribution in [-0.2, 0) is 20.8 Å². The molecule has 1 aliphatic rings. The number of piperazine rings is 1. The maximum atomic E-state index is 14.0. The number of alkyl halides is 3. The van der Waals surface area contributed by atoms with Crippen molar-refractivity contribution in [1.82, 2.24) is 9.97 Å². The minimum absolute atomic E-state index is 0.0599. The van der Waals surface area contributed by atoms with Gasteiger partial charge in [0.05, 0.1) is 12.6 Å². The van der Waals surface area contributed by atoms with Gasteiger partial charge in [-0.15, -0.1) is 0 Å². The molecule has 1 aliphatic heterocycles. The largest absolute Gasteiger partial charge is 0.462 e. The van der Waals surface area contributed by atoms with E-state index in [4.69, 9.17) is 4.74 Å². The Morgan fingerprint density at radius 1 is 1.26 bits per heavy atom. The summed E-state index contributed by atoms with van der Waals surface area (Å²) in [5, 5.41) is 0. The van der Waals surface area contributed by atoms with Crippen molar-refractivity contribution in [3.05, 3.63) is 41.5 Å². The Kier molecular flexibility index (Phi) is 7.58. The van der Waals surface area contributed by atoms with Crippen molar-refractivity contribution in [2.75, 3.05) is 42.3 Å². The molecule has 192 valence electrons. The Morgan fingerprint density at radius 2 is 1.94 bits per heavy atom. The second-order valence-corrected chi connectivity index (χ2v) is 10.5. The molecule has 0 aliphatic carbocycles. The standard InChI is InChI=1S/C22H26F4N4O4S/c1-5-34-20(31)15-11-27-21(28-19(15)22(24,25)26)30-9-8-29(12-17(30)13(2)3)14-6-7-16(23)18(10-14)35(4,32)33/h6-7,10-11,13,17H,5,8-9,12H2,1-4H3/t17-/m0/s1. The molecule has 1 saturated heterocycles. The first-order chi connectivity index (χ1) is 16.2. The highest BCUT2D eigenvalue weighted by molar-refractivity contribution is 7.90. The quantitative estimate of drug-likeness (QED) is 0.424. The monoisotopic (exact) mass is 518 g/mol. The van der Waals surface area contributed by atoms with Gasteiger partial charge in [0.15, 0.2) is 15.5 Å². The van der Waals surface area contributed by atoms with Crippen LogP contribution >= 0.6 is 0 Å². The summed E-state index contributed by atoms with van der Waals surface area (Å²) in [6.07, 6.45) is -3.16. The number of nitrogens with zero attached hydrogens (tertiary/aromatic N) is 4. The van der Waals surface area contributed by atoms with Crippen molar-refractivity contribution in [2.45, 2.75) is 37.9 Å². The Balaban J connectivity index is 1.95. The molecule has 0 bridgehead atoms. The van der Waals surface area contributed by atoms with Crippen molar-refractivity contribution in [3.8, 4) is 0 Å². The summed E-state index contributed by atoms with van der Waals surface area (Å²) >= 11 is 0. The zero-order valence-electron chi connectivity index (χ0n) is 19.6. The fourth-order valence-electron chi connectivity index (χ4n) is 3.92. The van der Waals surface area contributed by atoms with Gasteiger partial charge in [0.1, 0.15) is 16.3 Å². The molecular formula is C22H26F4N4O4S. The van der Waals surface area contributed by atoms with Gasteiger partial charge in [-0.3, -0.25) is 0 Å². The third kappa shape index (κ3) is 5.82. The lowest BCUT2D eigenvalue weighted by atomic mass is 9.99. The highest BCUT2D eigenvalue weighted by atomic mass is 32.2. The topological polar surface area (TPSA) is 92.7 Å². The number of ether oxygens (including phenoxy) is 1. The van der Waals surface area contributed by atoms with Crippen LogP contribution in [0.2, 0.25) is 0 Å². The molecule has 1 aromatic heterocycles. The molecule has 8 nitrogen and oxygen atoms in total. The van der Waals surface area contributed by atoms with E-state index in [2.05, 4.69) is 9.97 Å². The fraction of sp³-hybridized carbons (Fsp3) is 0.500. The average Bonchev–Trinajstić information content (AvgIpc) is 2.77. The van der Waals surface area contributed by atoms with E-state index in [1.54, 1.807) is 4.90 Å². The summed E-state index contributed by atoms with van der Waals surface area (Å²) in [5.74, 6) is -2.25. The molecule has 0 amide bonds. The number of anilines is 2. The predicted molar refractivity (Wildman–Crippen MR) is 121 cm³/mol. The van der Waals surface area contributed by atoms with E-state index < -0.39 is 44.0 Å². The maximum Gasteiger partial charge on any atom is 0.434 e. The number of carbonyl (C=O) groups is 1. The third-order valence-corrected chi connectivity index (χ3v) is 6.78. The Morgan fingerprint density at radius 3 is 2.51 bits per heavy atom. The van der Waals surface area contributed by atoms with Crippen LogP contribution in [0.25, 0.3) is 0 Å². The van der Waals surface area contributed by atoms with Crippen LogP contribution < -0.4 is 9.80 Å². The molecule has 35 heavy (non-hydrogen) atoms. The van der Waals surface area contributed by atoms with Crippen LogP contribution in [0.5, 0.6) is 0 Å². The third-order valence-electron chi connectivity index (χ3n) is 5.66. The molecule has 1 aromatic carbocycles.